The van der Waals surface area contributed by atoms with Gasteiger partial charge in [-0.3, -0.25) is 0 Å². The van der Waals surface area contributed by atoms with Gasteiger partial charge in [-0.15, -0.1) is 10.2 Å². The molecule has 0 aliphatic heterocycles. The average Bonchev–Trinajstić information content (AvgIpc) is 3.16. The predicted octanol–water partition coefficient (Wildman–Crippen LogP) is 2.12. The summed E-state index contributed by atoms with van der Waals surface area (Å²) in [5.41, 5.74) is 1.91. The monoisotopic (exact) mass is 284 g/mol. The van der Waals surface area contributed by atoms with E-state index in [1.807, 2.05) is 39.0 Å². The molecule has 0 aromatic carbocycles. The standard InChI is InChI=1S/C14H16N6O/c1-4-13-16-17-14(19-11(3)8-10(2)18-19)20(13)15-9-12-6-5-7-21-12/h5-9H,4H2,1-3H3. The molecule has 0 bridgehead atoms. The van der Waals surface area contributed by atoms with E-state index in [1.165, 1.54) is 0 Å². The normalized spacial score (nSPS) is 11.6. The van der Waals surface area contributed by atoms with Crippen LogP contribution in [0.15, 0.2) is 34.0 Å². The molecule has 0 unspecified atom stereocenters. The van der Waals surface area contributed by atoms with Crippen LogP contribution in [-0.4, -0.2) is 30.9 Å². The van der Waals surface area contributed by atoms with Gasteiger partial charge in [0.2, 0.25) is 0 Å². The fraction of sp³-hybridized carbons (Fsp3) is 0.286. The largest absolute Gasteiger partial charge is 0.463 e. The molecule has 0 saturated carbocycles. The number of aromatic nitrogens is 5. The van der Waals surface area contributed by atoms with Crippen molar-refractivity contribution in [3.8, 4) is 5.95 Å². The molecular weight excluding hydrogens is 268 g/mol. The number of nitrogens with zero attached hydrogens (tertiary/aromatic N) is 6. The molecule has 0 aliphatic rings. The molecule has 7 heteroatoms. The summed E-state index contributed by atoms with van der Waals surface area (Å²) in [7, 11) is 0. The van der Waals surface area contributed by atoms with Gasteiger partial charge in [-0.1, -0.05) is 6.92 Å². The topological polar surface area (TPSA) is 74.0 Å². The van der Waals surface area contributed by atoms with E-state index in [1.54, 1.807) is 21.8 Å². The lowest BCUT2D eigenvalue weighted by molar-refractivity contribution is 0.559. The highest BCUT2D eigenvalue weighted by atomic mass is 16.3. The second kappa shape index (κ2) is 5.35. The summed E-state index contributed by atoms with van der Waals surface area (Å²) in [4.78, 5) is 0. The third-order valence-electron chi connectivity index (χ3n) is 3.05. The molecule has 0 saturated heterocycles. The molecule has 0 fully saturated rings. The van der Waals surface area contributed by atoms with Gasteiger partial charge in [0, 0.05) is 12.1 Å². The molecular formula is C14H16N6O. The lowest BCUT2D eigenvalue weighted by atomic mass is 10.4. The summed E-state index contributed by atoms with van der Waals surface area (Å²) in [6, 6.07) is 5.64. The van der Waals surface area contributed by atoms with E-state index in [-0.39, 0.29) is 0 Å². The van der Waals surface area contributed by atoms with Crippen LogP contribution in [-0.2, 0) is 6.42 Å². The van der Waals surface area contributed by atoms with E-state index in [4.69, 9.17) is 4.42 Å². The van der Waals surface area contributed by atoms with Crippen molar-refractivity contribution in [2.75, 3.05) is 0 Å². The molecule has 0 spiro atoms. The highest BCUT2D eigenvalue weighted by Gasteiger charge is 2.14. The molecule has 0 N–H and O–H groups in total. The Morgan fingerprint density at radius 2 is 2.19 bits per heavy atom. The van der Waals surface area contributed by atoms with E-state index in [0.717, 1.165) is 23.6 Å². The Hall–Kier alpha value is -2.70. The van der Waals surface area contributed by atoms with Crippen molar-refractivity contribution in [1.82, 2.24) is 24.7 Å². The van der Waals surface area contributed by atoms with E-state index < -0.39 is 0 Å². The van der Waals surface area contributed by atoms with Crippen molar-refractivity contribution < 1.29 is 4.42 Å². The van der Waals surface area contributed by atoms with Crippen LogP contribution in [0.1, 0.15) is 29.9 Å². The highest BCUT2D eigenvalue weighted by molar-refractivity contribution is 5.75. The minimum Gasteiger partial charge on any atom is -0.463 e. The Balaban J connectivity index is 2.06. The first-order valence-corrected chi connectivity index (χ1v) is 6.75. The van der Waals surface area contributed by atoms with Gasteiger partial charge in [-0.25, -0.2) is 4.68 Å². The molecule has 0 aliphatic carbocycles. The first kappa shape index (κ1) is 13.3. The smallest absolute Gasteiger partial charge is 0.273 e. The second-order valence-electron chi connectivity index (χ2n) is 4.68. The maximum atomic E-state index is 5.25. The molecule has 0 amide bonds. The van der Waals surface area contributed by atoms with Crippen LogP contribution in [0.25, 0.3) is 5.95 Å². The van der Waals surface area contributed by atoms with Gasteiger partial charge in [0.15, 0.2) is 5.82 Å². The number of rotatable bonds is 4. The van der Waals surface area contributed by atoms with Gasteiger partial charge in [0.05, 0.1) is 18.2 Å². The molecule has 3 aromatic rings. The summed E-state index contributed by atoms with van der Waals surface area (Å²) in [5.74, 6) is 2.01. The maximum absolute atomic E-state index is 5.25. The third kappa shape index (κ3) is 2.49. The Labute approximate surface area is 121 Å². The zero-order chi connectivity index (χ0) is 14.8. The van der Waals surface area contributed by atoms with Gasteiger partial charge < -0.3 is 4.42 Å². The van der Waals surface area contributed by atoms with E-state index in [9.17, 15) is 0 Å². The van der Waals surface area contributed by atoms with Crippen LogP contribution in [0.4, 0.5) is 0 Å². The van der Waals surface area contributed by atoms with Crippen molar-refractivity contribution in [1.29, 1.82) is 0 Å². The summed E-state index contributed by atoms with van der Waals surface area (Å²) in [6.07, 6.45) is 3.97. The molecule has 0 radical (unpaired) electrons. The zero-order valence-corrected chi connectivity index (χ0v) is 12.2. The summed E-state index contributed by atoms with van der Waals surface area (Å²) >= 11 is 0. The molecule has 21 heavy (non-hydrogen) atoms. The maximum Gasteiger partial charge on any atom is 0.273 e. The van der Waals surface area contributed by atoms with Crippen LogP contribution in [0, 0.1) is 13.8 Å². The fourth-order valence-corrected chi connectivity index (χ4v) is 2.08. The number of hydrogen-bond acceptors (Lipinski definition) is 5. The Morgan fingerprint density at radius 3 is 2.81 bits per heavy atom. The van der Waals surface area contributed by atoms with Gasteiger partial charge in [0.1, 0.15) is 5.76 Å². The minimum absolute atomic E-state index is 0.570. The van der Waals surface area contributed by atoms with E-state index in [2.05, 4.69) is 20.4 Å². The first-order chi connectivity index (χ1) is 10.2. The van der Waals surface area contributed by atoms with Gasteiger partial charge in [0.25, 0.3) is 5.95 Å². The van der Waals surface area contributed by atoms with Crippen LogP contribution in [0.3, 0.4) is 0 Å². The minimum atomic E-state index is 0.570. The number of furan rings is 1. The molecule has 3 heterocycles. The van der Waals surface area contributed by atoms with E-state index >= 15 is 0 Å². The summed E-state index contributed by atoms with van der Waals surface area (Å²) in [6.45, 7) is 5.92. The van der Waals surface area contributed by atoms with Crippen molar-refractivity contribution >= 4 is 6.21 Å². The predicted molar refractivity (Wildman–Crippen MR) is 77.7 cm³/mol. The molecule has 3 rings (SSSR count). The van der Waals surface area contributed by atoms with Crippen LogP contribution >= 0.6 is 0 Å². The van der Waals surface area contributed by atoms with Crippen molar-refractivity contribution in [3.05, 3.63) is 47.4 Å². The average molecular weight is 284 g/mol. The second-order valence-corrected chi connectivity index (χ2v) is 4.68. The number of aryl methyl sites for hydroxylation is 3. The molecule has 0 atom stereocenters. The Bertz CT molecular complexity index is 766. The SMILES string of the molecule is CCc1nnc(-n2nc(C)cc2C)n1N=Cc1ccco1. The molecule has 108 valence electrons. The number of hydrogen-bond donors (Lipinski definition) is 0. The van der Waals surface area contributed by atoms with Crippen LogP contribution in [0.5, 0.6) is 0 Å². The van der Waals surface area contributed by atoms with Crippen molar-refractivity contribution in [2.24, 2.45) is 5.10 Å². The van der Waals surface area contributed by atoms with Crippen molar-refractivity contribution in [3.63, 3.8) is 0 Å². The molecule has 7 nitrogen and oxygen atoms in total. The highest BCUT2D eigenvalue weighted by Crippen LogP contribution is 2.12. The van der Waals surface area contributed by atoms with Crippen LogP contribution in [0.2, 0.25) is 0 Å². The quantitative estimate of drug-likeness (QED) is 0.688. The summed E-state index contributed by atoms with van der Waals surface area (Å²) < 4.78 is 8.67. The zero-order valence-electron chi connectivity index (χ0n) is 12.2. The molecule has 3 aromatic heterocycles. The van der Waals surface area contributed by atoms with Gasteiger partial charge in [-0.2, -0.15) is 14.9 Å². The summed E-state index contributed by atoms with van der Waals surface area (Å²) in [5, 5.41) is 17.2. The lowest BCUT2D eigenvalue weighted by Crippen LogP contribution is -2.08. The first-order valence-electron chi connectivity index (χ1n) is 6.75. The Morgan fingerprint density at radius 1 is 1.33 bits per heavy atom. The van der Waals surface area contributed by atoms with Gasteiger partial charge in [-0.05, 0) is 32.0 Å². The van der Waals surface area contributed by atoms with Crippen LogP contribution < -0.4 is 0 Å². The van der Waals surface area contributed by atoms with Crippen molar-refractivity contribution in [2.45, 2.75) is 27.2 Å². The third-order valence-corrected chi connectivity index (χ3v) is 3.05. The lowest BCUT2D eigenvalue weighted by Gasteiger charge is -2.04. The Kier molecular flexibility index (Phi) is 3.39. The fourth-order valence-electron chi connectivity index (χ4n) is 2.08. The van der Waals surface area contributed by atoms with Gasteiger partial charge >= 0.3 is 0 Å². The van der Waals surface area contributed by atoms with E-state index in [0.29, 0.717) is 11.7 Å².